The van der Waals surface area contributed by atoms with Gasteiger partial charge in [0, 0.05) is 36.8 Å². The number of nitro benzene ring substituents is 1. The maximum atomic E-state index is 12.0. The van der Waals surface area contributed by atoms with Crippen LogP contribution in [0.25, 0.3) is 0 Å². The molecule has 1 amide bonds. The third-order valence-electron chi connectivity index (χ3n) is 2.67. The van der Waals surface area contributed by atoms with Gasteiger partial charge in [0.2, 0.25) is 0 Å². The van der Waals surface area contributed by atoms with Crippen molar-refractivity contribution in [1.29, 1.82) is 0 Å². The second-order valence-corrected chi connectivity index (χ2v) is 4.07. The maximum absolute atomic E-state index is 12.0. The zero-order chi connectivity index (χ0) is 14.5. The third kappa shape index (κ3) is 3.08. The number of non-ortho nitro benzene ring substituents is 1. The molecule has 0 saturated carbocycles. The van der Waals surface area contributed by atoms with Crippen LogP contribution in [0.15, 0.2) is 42.7 Å². The highest BCUT2D eigenvalue weighted by molar-refractivity contribution is 5.99. The monoisotopic (exact) mass is 272 g/mol. The second-order valence-electron chi connectivity index (χ2n) is 4.07. The van der Waals surface area contributed by atoms with E-state index in [-0.39, 0.29) is 23.5 Å². The molecule has 1 aromatic heterocycles. The number of carbonyl (C=O) groups excluding carboxylic acids is 1. The molecule has 0 radical (unpaired) electrons. The maximum Gasteiger partial charge on any atom is 0.270 e. The molecule has 3 N–H and O–H groups in total. The molecule has 102 valence electrons. The van der Waals surface area contributed by atoms with Gasteiger partial charge in [0.1, 0.15) is 0 Å². The van der Waals surface area contributed by atoms with Crippen molar-refractivity contribution in [2.24, 2.45) is 0 Å². The largest absolute Gasteiger partial charge is 0.398 e. The molecule has 20 heavy (non-hydrogen) atoms. The average molecular weight is 272 g/mol. The van der Waals surface area contributed by atoms with Gasteiger partial charge < -0.3 is 11.1 Å². The number of nitrogen functional groups attached to an aromatic ring is 1. The van der Waals surface area contributed by atoms with Crippen molar-refractivity contribution < 1.29 is 9.72 Å². The number of carbonyl (C=O) groups is 1. The zero-order valence-corrected chi connectivity index (χ0v) is 10.4. The molecule has 0 atom stereocenters. The van der Waals surface area contributed by atoms with Gasteiger partial charge in [-0.3, -0.25) is 19.9 Å². The lowest BCUT2D eigenvalue weighted by Crippen LogP contribution is -2.24. The highest BCUT2D eigenvalue weighted by atomic mass is 16.6. The van der Waals surface area contributed by atoms with Crippen molar-refractivity contribution in [1.82, 2.24) is 10.3 Å². The molecule has 0 bridgehead atoms. The van der Waals surface area contributed by atoms with Gasteiger partial charge in [0.25, 0.3) is 11.6 Å². The minimum absolute atomic E-state index is 0.0862. The summed E-state index contributed by atoms with van der Waals surface area (Å²) < 4.78 is 0. The number of hydrogen-bond donors (Lipinski definition) is 2. The molecule has 0 aliphatic carbocycles. The first-order valence-electron chi connectivity index (χ1n) is 5.79. The summed E-state index contributed by atoms with van der Waals surface area (Å²) in [5.41, 5.74) is 6.59. The number of nitrogens with two attached hydrogens (primary N) is 1. The van der Waals surface area contributed by atoms with Crippen LogP contribution in [0, 0.1) is 10.1 Å². The van der Waals surface area contributed by atoms with Gasteiger partial charge in [-0.25, -0.2) is 0 Å². The van der Waals surface area contributed by atoms with Crippen LogP contribution in [0.5, 0.6) is 0 Å². The number of aromatic nitrogens is 1. The molecule has 1 aromatic carbocycles. The van der Waals surface area contributed by atoms with E-state index in [1.165, 1.54) is 12.1 Å². The number of pyridine rings is 1. The van der Waals surface area contributed by atoms with Crippen molar-refractivity contribution in [3.8, 4) is 0 Å². The van der Waals surface area contributed by atoms with Crippen LogP contribution in [0.2, 0.25) is 0 Å². The van der Waals surface area contributed by atoms with Crippen molar-refractivity contribution >= 4 is 17.3 Å². The molecule has 2 aromatic rings. The van der Waals surface area contributed by atoms with Crippen LogP contribution >= 0.6 is 0 Å². The fourth-order valence-corrected chi connectivity index (χ4v) is 1.63. The summed E-state index contributed by atoms with van der Waals surface area (Å²) in [6, 6.07) is 7.32. The Hall–Kier alpha value is -2.96. The number of nitro groups is 1. The van der Waals surface area contributed by atoms with E-state index in [1.807, 2.05) is 6.07 Å². The molecule has 0 saturated heterocycles. The average Bonchev–Trinajstić information content (AvgIpc) is 2.46. The van der Waals surface area contributed by atoms with E-state index >= 15 is 0 Å². The zero-order valence-electron chi connectivity index (χ0n) is 10.4. The standard InChI is InChI=1S/C13H12N4O3/c14-12-4-3-10(17(19)20)6-11(12)13(18)16-8-9-2-1-5-15-7-9/h1-7H,8,14H2,(H,16,18). The van der Waals surface area contributed by atoms with Crippen molar-refractivity contribution in [3.05, 3.63) is 64.0 Å². The van der Waals surface area contributed by atoms with Crippen LogP contribution in [-0.4, -0.2) is 15.8 Å². The number of benzene rings is 1. The molecule has 2 rings (SSSR count). The molecular formula is C13H12N4O3. The number of rotatable bonds is 4. The first-order chi connectivity index (χ1) is 9.58. The first kappa shape index (κ1) is 13.5. The molecule has 0 fully saturated rings. The van der Waals surface area contributed by atoms with Crippen LogP contribution in [0.4, 0.5) is 11.4 Å². The summed E-state index contributed by atoms with van der Waals surface area (Å²) in [4.78, 5) is 26.0. The van der Waals surface area contributed by atoms with Crippen molar-refractivity contribution in [2.45, 2.75) is 6.54 Å². The van der Waals surface area contributed by atoms with Gasteiger partial charge in [-0.05, 0) is 17.7 Å². The van der Waals surface area contributed by atoms with E-state index in [4.69, 9.17) is 5.73 Å². The Balaban J connectivity index is 2.13. The quantitative estimate of drug-likeness (QED) is 0.497. The van der Waals surface area contributed by atoms with Crippen LogP contribution < -0.4 is 11.1 Å². The van der Waals surface area contributed by atoms with Gasteiger partial charge in [0.05, 0.1) is 10.5 Å². The smallest absolute Gasteiger partial charge is 0.270 e. The fraction of sp³-hybridized carbons (Fsp3) is 0.0769. The van der Waals surface area contributed by atoms with E-state index in [0.29, 0.717) is 0 Å². The Labute approximate surface area is 114 Å². The predicted molar refractivity (Wildman–Crippen MR) is 72.9 cm³/mol. The van der Waals surface area contributed by atoms with Gasteiger partial charge in [-0.2, -0.15) is 0 Å². The Morgan fingerprint density at radius 1 is 1.40 bits per heavy atom. The van der Waals surface area contributed by atoms with Gasteiger partial charge in [-0.1, -0.05) is 6.07 Å². The second kappa shape index (κ2) is 5.79. The summed E-state index contributed by atoms with van der Waals surface area (Å²) in [6.45, 7) is 0.273. The highest BCUT2D eigenvalue weighted by Gasteiger charge is 2.14. The third-order valence-corrected chi connectivity index (χ3v) is 2.67. The number of amides is 1. The number of anilines is 1. The summed E-state index contributed by atoms with van der Waals surface area (Å²) in [6.07, 6.45) is 3.25. The van der Waals surface area contributed by atoms with Crippen LogP contribution in [-0.2, 0) is 6.54 Å². The normalized spacial score (nSPS) is 10.0. The van der Waals surface area contributed by atoms with Gasteiger partial charge in [0.15, 0.2) is 0 Å². The molecule has 0 aliphatic heterocycles. The Morgan fingerprint density at radius 3 is 2.85 bits per heavy atom. The molecule has 0 aliphatic rings. The molecular weight excluding hydrogens is 260 g/mol. The molecule has 0 unspecified atom stereocenters. The summed E-state index contributed by atoms with van der Waals surface area (Å²) >= 11 is 0. The Kier molecular flexibility index (Phi) is 3.90. The van der Waals surface area contributed by atoms with Crippen LogP contribution in [0.1, 0.15) is 15.9 Å². The topological polar surface area (TPSA) is 111 Å². The van der Waals surface area contributed by atoms with Gasteiger partial charge >= 0.3 is 0 Å². The predicted octanol–water partition coefficient (Wildman–Crippen LogP) is 1.50. The minimum atomic E-state index is -0.572. The molecule has 7 nitrogen and oxygen atoms in total. The lowest BCUT2D eigenvalue weighted by molar-refractivity contribution is -0.384. The number of nitrogens with zero attached hydrogens (tertiary/aromatic N) is 2. The summed E-state index contributed by atoms with van der Waals surface area (Å²) in [5, 5.41) is 13.3. The van der Waals surface area contributed by atoms with Crippen molar-refractivity contribution in [2.75, 3.05) is 5.73 Å². The van der Waals surface area contributed by atoms with E-state index in [1.54, 1.807) is 18.5 Å². The molecule has 0 spiro atoms. The lowest BCUT2D eigenvalue weighted by atomic mass is 10.1. The lowest BCUT2D eigenvalue weighted by Gasteiger charge is -2.07. The Morgan fingerprint density at radius 2 is 2.20 bits per heavy atom. The first-order valence-corrected chi connectivity index (χ1v) is 5.79. The highest BCUT2D eigenvalue weighted by Crippen LogP contribution is 2.19. The van der Waals surface area contributed by atoms with Crippen molar-refractivity contribution in [3.63, 3.8) is 0 Å². The van der Waals surface area contributed by atoms with Crippen LogP contribution in [0.3, 0.4) is 0 Å². The molecule has 7 heteroatoms. The number of hydrogen-bond acceptors (Lipinski definition) is 5. The summed E-state index contributed by atoms with van der Waals surface area (Å²) in [5.74, 6) is -0.463. The van der Waals surface area contributed by atoms with E-state index in [0.717, 1.165) is 11.6 Å². The fourth-order valence-electron chi connectivity index (χ4n) is 1.63. The van der Waals surface area contributed by atoms with E-state index in [9.17, 15) is 14.9 Å². The minimum Gasteiger partial charge on any atom is -0.398 e. The number of nitrogens with one attached hydrogen (secondary N) is 1. The Bertz CT molecular complexity index is 643. The van der Waals surface area contributed by atoms with E-state index in [2.05, 4.69) is 10.3 Å². The van der Waals surface area contributed by atoms with E-state index < -0.39 is 10.8 Å². The van der Waals surface area contributed by atoms with Gasteiger partial charge in [-0.15, -0.1) is 0 Å². The SMILES string of the molecule is Nc1ccc([N+](=O)[O-])cc1C(=O)NCc1cccnc1. The molecule has 1 heterocycles. The summed E-state index contributed by atoms with van der Waals surface area (Å²) in [7, 11) is 0.